The van der Waals surface area contributed by atoms with Crippen molar-refractivity contribution < 1.29 is 22.7 Å². The van der Waals surface area contributed by atoms with E-state index in [2.05, 4.69) is 10.4 Å². The highest BCUT2D eigenvalue weighted by Gasteiger charge is 2.20. The number of rotatable bonds is 8. The predicted octanol–water partition coefficient (Wildman–Crippen LogP) is 5.63. The number of ether oxygens (including phenoxy) is 2. The molecule has 36 heavy (non-hydrogen) atoms. The molecule has 1 aromatic heterocycles. The van der Waals surface area contributed by atoms with Crippen LogP contribution in [-0.2, 0) is 16.6 Å². The lowest BCUT2D eigenvalue weighted by molar-refractivity contribution is 0.102. The highest BCUT2D eigenvalue weighted by molar-refractivity contribution is 7.91. The van der Waals surface area contributed by atoms with Gasteiger partial charge in [-0.2, -0.15) is 5.10 Å². The highest BCUT2D eigenvalue weighted by Crippen LogP contribution is 2.29. The molecule has 1 N–H and O–H groups in total. The minimum absolute atomic E-state index is 0.0447. The van der Waals surface area contributed by atoms with Crippen molar-refractivity contribution in [3.8, 4) is 11.5 Å². The van der Waals surface area contributed by atoms with Gasteiger partial charge in [0.1, 0.15) is 11.5 Å². The summed E-state index contributed by atoms with van der Waals surface area (Å²) in [4.78, 5) is 12.8. The molecule has 0 fully saturated rings. The van der Waals surface area contributed by atoms with Crippen molar-refractivity contribution in [2.45, 2.75) is 23.4 Å². The maximum absolute atomic E-state index is 13.1. The fourth-order valence-corrected chi connectivity index (χ4v) is 5.00. The molecule has 0 saturated carbocycles. The number of halogens is 2. The van der Waals surface area contributed by atoms with Crippen molar-refractivity contribution in [3.63, 3.8) is 0 Å². The molecule has 3 aromatic carbocycles. The molecule has 0 spiro atoms. The number of nitrogens with one attached hydrogen (secondary N) is 1. The van der Waals surface area contributed by atoms with Gasteiger partial charge in [-0.05, 0) is 73.2 Å². The Morgan fingerprint density at radius 3 is 2.39 bits per heavy atom. The lowest BCUT2D eigenvalue weighted by Gasteiger charge is -2.11. The maximum atomic E-state index is 13.1. The predicted molar refractivity (Wildman–Crippen MR) is 137 cm³/mol. The molecular weight excluding hydrogens is 525 g/mol. The van der Waals surface area contributed by atoms with Gasteiger partial charge in [-0.15, -0.1) is 0 Å². The molecule has 4 rings (SSSR count). The molecule has 0 atom stereocenters. The number of benzene rings is 3. The summed E-state index contributed by atoms with van der Waals surface area (Å²) in [6, 6.07) is 16.9. The SMILES string of the molecule is COc1cc(NC(=O)c2ccn(COc3ccc(Cl)cc3C)n2)cc(S(=O)(=O)c2ccc(Cl)cc2)c1. The summed E-state index contributed by atoms with van der Waals surface area (Å²) >= 11 is 11.8. The molecule has 11 heteroatoms. The van der Waals surface area contributed by atoms with E-state index in [9.17, 15) is 13.2 Å². The second-order valence-electron chi connectivity index (χ2n) is 7.73. The Hall–Kier alpha value is -3.53. The zero-order chi connectivity index (χ0) is 25.9. The third-order valence-corrected chi connectivity index (χ3v) is 7.41. The van der Waals surface area contributed by atoms with Crippen molar-refractivity contribution in [3.05, 3.63) is 94.2 Å². The number of sulfone groups is 1. The van der Waals surface area contributed by atoms with Crippen LogP contribution in [0.4, 0.5) is 5.69 Å². The molecule has 0 aliphatic carbocycles. The normalized spacial score (nSPS) is 11.2. The first-order chi connectivity index (χ1) is 17.2. The van der Waals surface area contributed by atoms with Gasteiger partial charge >= 0.3 is 0 Å². The van der Waals surface area contributed by atoms with E-state index in [-0.39, 0.29) is 33.7 Å². The number of amides is 1. The number of aryl methyl sites for hydroxylation is 1. The van der Waals surface area contributed by atoms with Crippen LogP contribution in [0.2, 0.25) is 10.0 Å². The number of hydrogen-bond donors (Lipinski definition) is 1. The van der Waals surface area contributed by atoms with Crippen molar-refractivity contribution in [1.29, 1.82) is 0 Å². The quantitative estimate of drug-likeness (QED) is 0.308. The highest BCUT2D eigenvalue weighted by atomic mass is 35.5. The van der Waals surface area contributed by atoms with Gasteiger partial charge in [-0.25, -0.2) is 13.1 Å². The Labute approximate surface area is 218 Å². The molecular formula is C25H21Cl2N3O5S. The van der Waals surface area contributed by atoms with Crippen molar-refractivity contribution in [1.82, 2.24) is 9.78 Å². The number of nitrogens with zero attached hydrogens (tertiary/aromatic N) is 2. The van der Waals surface area contributed by atoms with E-state index < -0.39 is 15.7 Å². The van der Waals surface area contributed by atoms with Crippen molar-refractivity contribution in [2.24, 2.45) is 0 Å². The fraction of sp³-hybridized carbons (Fsp3) is 0.120. The Balaban J connectivity index is 1.50. The van der Waals surface area contributed by atoms with E-state index in [0.29, 0.717) is 15.8 Å². The van der Waals surface area contributed by atoms with Gasteiger partial charge in [-0.1, -0.05) is 23.2 Å². The number of hydrogen-bond acceptors (Lipinski definition) is 6. The smallest absolute Gasteiger partial charge is 0.276 e. The second-order valence-corrected chi connectivity index (χ2v) is 10.6. The van der Waals surface area contributed by atoms with Crippen LogP contribution in [-0.4, -0.2) is 31.2 Å². The number of carbonyl (C=O) groups is 1. The first-order valence-corrected chi connectivity index (χ1v) is 12.8. The van der Waals surface area contributed by atoms with Crippen LogP contribution in [0.25, 0.3) is 0 Å². The molecule has 0 radical (unpaired) electrons. The van der Waals surface area contributed by atoms with Crippen LogP contribution < -0.4 is 14.8 Å². The molecule has 4 aromatic rings. The average Bonchev–Trinajstić information content (AvgIpc) is 3.33. The minimum atomic E-state index is -3.88. The van der Waals surface area contributed by atoms with Crippen LogP contribution in [0.15, 0.2) is 82.7 Å². The summed E-state index contributed by atoms with van der Waals surface area (Å²) < 4.78 is 38.7. The number of methoxy groups -OCH3 is 1. The average molecular weight is 546 g/mol. The standard InChI is InChI=1S/C25H21Cl2N3O5S/c1-16-11-18(27)5-8-24(16)35-15-30-10-9-23(29-30)25(31)28-19-12-20(34-2)14-22(13-19)36(32,33)21-6-3-17(26)4-7-21/h3-14H,15H2,1-2H3,(H,28,31). The van der Waals surface area contributed by atoms with Crippen LogP contribution in [0.1, 0.15) is 16.1 Å². The molecule has 1 amide bonds. The van der Waals surface area contributed by atoms with Gasteiger partial charge in [0.2, 0.25) is 9.84 Å². The number of carbonyl (C=O) groups excluding carboxylic acids is 1. The summed E-state index contributed by atoms with van der Waals surface area (Å²) in [5.41, 5.74) is 1.22. The molecule has 0 aliphatic rings. The molecule has 0 bridgehead atoms. The Kier molecular flexibility index (Phi) is 7.53. The van der Waals surface area contributed by atoms with Crippen LogP contribution in [0.3, 0.4) is 0 Å². The van der Waals surface area contributed by atoms with Crippen LogP contribution >= 0.6 is 23.2 Å². The topological polar surface area (TPSA) is 99.5 Å². The van der Waals surface area contributed by atoms with Gasteiger partial charge in [0.25, 0.3) is 5.91 Å². The third kappa shape index (κ3) is 5.81. The van der Waals surface area contributed by atoms with Gasteiger partial charge < -0.3 is 14.8 Å². The summed E-state index contributed by atoms with van der Waals surface area (Å²) in [5.74, 6) is 0.379. The van der Waals surface area contributed by atoms with Gasteiger partial charge in [0, 0.05) is 28.0 Å². The Morgan fingerprint density at radius 2 is 1.69 bits per heavy atom. The molecule has 186 valence electrons. The second kappa shape index (κ2) is 10.6. The van der Waals surface area contributed by atoms with Crippen molar-refractivity contribution in [2.75, 3.05) is 12.4 Å². The first-order valence-electron chi connectivity index (χ1n) is 10.6. The minimum Gasteiger partial charge on any atom is -0.497 e. The lowest BCUT2D eigenvalue weighted by Crippen LogP contribution is -2.15. The van der Waals surface area contributed by atoms with Crippen LogP contribution in [0, 0.1) is 6.92 Å². The molecule has 1 heterocycles. The molecule has 0 saturated heterocycles. The zero-order valence-corrected chi connectivity index (χ0v) is 21.6. The lowest BCUT2D eigenvalue weighted by atomic mass is 10.2. The molecule has 0 unspecified atom stereocenters. The molecule has 8 nitrogen and oxygen atoms in total. The van der Waals surface area contributed by atoms with Gasteiger partial charge in [0.15, 0.2) is 12.4 Å². The molecule has 0 aliphatic heterocycles. The largest absolute Gasteiger partial charge is 0.497 e. The third-order valence-electron chi connectivity index (χ3n) is 5.17. The van der Waals surface area contributed by atoms with Crippen molar-refractivity contribution >= 4 is 44.6 Å². The van der Waals surface area contributed by atoms with E-state index in [1.165, 1.54) is 60.3 Å². The number of anilines is 1. The van der Waals surface area contributed by atoms with E-state index >= 15 is 0 Å². The van der Waals surface area contributed by atoms with E-state index in [0.717, 1.165) is 5.56 Å². The number of aromatic nitrogens is 2. The van der Waals surface area contributed by atoms with E-state index in [1.54, 1.807) is 24.4 Å². The maximum Gasteiger partial charge on any atom is 0.276 e. The van der Waals surface area contributed by atoms with E-state index in [4.69, 9.17) is 32.7 Å². The van der Waals surface area contributed by atoms with Crippen LogP contribution in [0.5, 0.6) is 11.5 Å². The van der Waals surface area contributed by atoms with Gasteiger partial charge in [-0.3, -0.25) is 4.79 Å². The Bertz CT molecular complexity index is 1520. The van der Waals surface area contributed by atoms with Gasteiger partial charge in [0.05, 0.1) is 16.9 Å². The fourth-order valence-electron chi connectivity index (χ4n) is 3.33. The summed E-state index contributed by atoms with van der Waals surface area (Å²) in [7, 11) is -2.48. The monoisotopic (exact) mass is 545 g/mol. The summed E-state index contributed by atoms with van der Waals surface area (Å²) in [6.45, 7) is 1.96. The van der Waals surface area contributed by atoms with E-state index in [1.807, 2.05) is 6.92 Å². The first kappa shape index (κ1) is 25.6. The summed E-state index contributed by atoms with van der Waals surface area (Å²) in [5, 5.41) is 7.93. The Morgan fingerprint density at radius 1 is 0.972 bits per heavy atom. The zero-order valence-electron chi connectivity index (χ0n) is 19.2. The summed E-state index contributed by atoms with van der Waals surface area (Å²) in [6.07, 6.45) is 1.60.